The van der Waals surface area contributed by atoms with E-state index < -0.39 is 5.41 Å². The number of benzene rings is 1. The Morgan fingerprint density at radius 3 is 2.62 bits per heavy atom. The smallest absolute Gasteiger partial charge is 0.312 e. The molecule has 1 aliphatic heterocycles. The molecule has 160 valence electrons. The fraction of sp³-hybridized carbons (Fsp3) is 0.522. The third-order valence-corrected chi connectivity index (χ3v) is 5.40. The highest BCUT2D eigenvalue weighted by Crippen LogP contribution is 2.37. The quantitative estimate of drug-likeness (QED) is 0.401. The minimum atomic E-state index is -0.501. The minimum Gasteiger partial charge on any atom is -0.497 e. The van der Waals surface area contributed by atoms with Crippen LogP contribution >= 0.6 is 11.6 Å². The Morgan fingerprint density at radius 2 is 2.00 bits per heavy atom. The Balaban J connectivity index is 1.97. The fourth-order valence-electron chi connectivity index (χ4n) is 3.70. The van der Waals surface area contributed by atoms with Gasteiger partial charge in [0, 0.05) is 17.6 Å². The second-order valence-electron chi connectivity index (χ2n) is 7.49. The van der Waals surface area contributed by atoms with Gasteiger partial charge in [0.2, 0.25) is 0 Å². The number of nitrogens with zero attached hydrogens (tertiary/aromatic N) is 1. The van der Waals surface area contributed by atoms with Crippen LogP contribution in [0.15, 0.2) is 47.5 Å². The second-order valence-corrected chi connectivity index (χ2v) is 7.98. The van der Waals surface area contributed by atoms with E-state index in [1.54, 1.807) is 7.11 Å². The van der Waals surface area contributed by atoms with Gasteiger partial charge >= 0.3 is 5.97 Å². The van der Waals surface area contributed by atoms with E-state index in [-0.39, 0.29) is 5.97 Å². The number of hydrogen-bond donors (Lipinski definition) is 0. The van der Waals surface area contributed by atoms with Crippen molar-refractivity contribution in [1.29, 1.82) is 0 Å². The van der Waals surface area contributed by atoms with E-state index in [0.29, 0.717) is 24.7 Å². The zero-order valence-corrected chi connectivity index (χ0v) is 18.5. The van der Waals surface area contributed by atoms with Gasteiger partial charge in [0.15, 0.2) is 0 Å². The molecule has 0 atom stereocenters. The average molecular weight is 422 g/mol. The van der Waals surface area contributed by atoms with Crippen molar-refractivity contribution >= 4 is 17.6 Å². The molecular formula is C23H32ClNO4. The molecule has 5 nitrogen and oxygen atoms in total. The topological polar surface area (TPSA) is 48.0 Å². The summed E-state index contributed by atoms with van der Waals surface area (Å²) in [6, 6.07) is 7.50. The van der Waals surface area contributed by atoms with E-state index >= 15 is 0 Å². The van der Waals surface area contributed by atoms with Gasteiger partial charge in [-0.3, -0.25) is 9.69 Å². The van der Waals surface area contributed by atoms with Crippen LogP contribution in [0.3, 0.4) is 0 Å². The van der Waals surface area contributed by atoms with Crippen molar-refractivity contribution in [3.05, 3.63) is 47.5 Å². The summed E-state index contributed by atoms with van der Waals surface area (Å²) in [5.41, 5.74) is 0.661. The molecule has 0 aliphatic carbocycles. The molecule has 6 heteroatoms. The SMILES string of the molecule is C=C(Cl)/C=C(\C)CN1CCC(CCOc2cccc(OC)c2)(C(=O)OCC)CC1. The summed E-state index contributed by atoms with van der Waals surface area (Å²) in [4.78, 5) is 15.1. The summed E-state index contributed by atoms with van der Waals surface area (Å²) in [6.07, 6.45) is 4.02. The molecule has 0 unspecified atom stereocenters. The average Bonchev–Trinajstić information content (AvgIpc) is 2.69. The van der Waals surface area contributed by atoms with Gasteiger partial charge in [0.1, 0.15) is 11.5 Å². The molecular weight excluding hydrogens is 390 g/mol. The van der Waals surface area contributed by atoms with Crippen LogP contribution in [0.1, 0.15) is 33.1 Å². The molecule has 0 spiro atoms. The largest absolute Gasteiger partial charge is 0.497 e. The lowest BCUT2D eigenvalue weighted by molar-refractivity contribution is -0.159. The number of allylic oxidation sites excluding steroid dienone is 2. The molecule has 0 radical (unpaired) electrons. The summed E-state index contributed by atoms with van der Waals surface area (Å²) in [6.45, 7) is 10.9. The maximum Gasteiger partial charge on any atom is 0.312 e. The highest BCUT2D eigenvalue weighted by atomic mass is 35.5. The van der Waals surface area contributed by atoms with Crippen LogP contribution in [-0.2, 0) is 9.53 Å². The standard InChI is InChI=1S/C23H32ClNO4/c1-5-28-22(26)23(11-14-29-21-8-6-7-20(16-21)27-4)9-12-25(13-10-23)17-18(2)15-19(3)24/h6-8,15-16H,3,5,9-14,17H2,1-2,4H3/b18-15+. The Bertz CT molecular complexity index is 723. The maximum atomic E-state index is 12.8. The Hall–Kier alpha value is -1.98. The predicted octanol–water partition coefficient (Wildman–Crippen LogP) is 4.81. The summed E-state index contributed by atoms with van der Waals surface area (Å²) in [5.74, 6) is 1.37. The number of methoxy groups -OCH3 is 1. The van der Waals surface area contributed by atoms with E-state index in [0.717, 1.165) is 49.5 Å². The first-order valence-electron chi connectivity index (χ1n) is 10.1. The molecule has 1 aromatic carbocycles. The molecule has 1 heterocycles. The Kier molecular flexibility index (Phi) is 9.05. The van der Waals surface area contributed by atoms with Gasteiger partial charge in [0.05, 0.1) is 25.7 Å². The molecule has 1 fully saturated rings. The van der Waals surface area contributed by atoms with Gasteiger partial charge in [-0.1, -0.05) is 29.8 Å². The van der Waals surface area contributed by atoms with Gasteiger partial charge in [-0.05, 0) is 64.4 Å². The van der Waals surface area contributed by atoms with Crippen molar-refractivity contribution in [1.82, 2.24) is 4.90 Å². The van der Waals surface area contributed by atoms with Crippen molar-refractivity contribution in [2.24, 2.45) is 5.41 Å². The molecule has 1 saturated heterocycles. The van der Waals surface area contributed by atoms with Crippen LogP contribution < -0.4 is 9.47 Å². The van der Waals surface area contributed by atoms with E-state index in [2.05, 4.69) is 11.5 Å². The Labute approximate surface area is 179 Å². The van der Waals surface area contributed by atoms with E-state index in [1.165, 1.54) is 0 Å². The number of likely N-dealkylation sites (tertiary alicyclic amines) is 1. The predicted molar refractivity (Wildman–Crippen MR) is 117 cm³/mol. The zero-order valence-electron chi connectivity index (χ0n) is 17.7. The molecule has 29 heavy (non-hydrogen) atoms. The number of halogens is 1. The number of hydrogen-bond acceptors (Lipinski definition) is 5. The molecule has 1 aliphatic rings. The number of piperidine rings is 1. The van der Waals surface area contributed by atoms with Crippen molar-refractivity contribution in [2.45, 2.75) is 33.1 Å². The van der Waals surface area contributed by atoms with E-state index in [1.807, 2.05) is 44.2 Å². The van der Waals surface area contributed by atoms with Gasteiger partial charge < -0.3 is 14.2 Å². The molecule has 1 aromatic rings. The molecule has 0 aromatic heterocycles. The van der Waals surface area contributed by atoms with Gasteiger partial charge in [-0.2, -0.15) is 0 Å². The highest BCUT2D eigenvalue weighted by Gasteiger charge is 2.42. The highest BCUT2D eigenvalue weighted by molar-refractivity contribution is 6.30. The van der Waals surface area contributed by atoms with E-state index in [4.69, 9.17) is 25.8 Å². The summed E-state index contributed by atoms with van der Waals surface area (Å²) in [7, 11) is 1.63. The lowest BCUT2D eigenvalue weighted by atomic mass is 9.75. The number of ether oxygens (including phenoxy) is 3. The van der Waals surface area contributed by atoms with Gasteiger partial charge in [-0.15, -0.1) is 0 Å². The number of rotatable bonds is 10. The van der Waals surface area contributed by atoms with Crippen molar-refractivity contribution in [3.8, 4) is 11.5 Å². The normalized spacial score (nSPS) is 16.9. The molecule has 2 rings (SSSR count). The van der Waals surface area contributed by atoms with Crippen LogP contribution in [0.2, 0.25) is 0 Å². The van der Waals surface area contributed by atoms with Gasteiger partial charge in [-0.25, -0.2) is 0 Å². The first kappa shape index (κ1) is 23.3. The maximum absolute atomic E-state index is 12.8. The van der Waals surface area contributed by atoms with Crippen LogP contribution in [0.5, 0.6) is 11.5 Å². The lowest BCUT2D eigenvalue weighted by Gasteiger charge is -2.40. The van der Waals surface area contributed by atoms with Crippen molar-refractivity contribution in [2.75, 3.05) is 40.0 Å². The first-order valence-corrected chi connectivity index (χ1v) is 10.4. The van der Waals surface area contributed by atoms with Gasteiger partial charge in [0.25, 0.3) is 0 Å². The molecule has 0 saturated carbocycles. The third-order valence-electron chi connectivity index (χ3n) is 5.29. The number of carbonyl (C=O) groups is 1. The van der Waals surface area contributed by atoms with Crippen LogP contribution in [0.4, 0.5) is 0 Å². The second kappa shape index (κ2) is 11.3. The summed E-state index contributed by atoms with van der Waals surface area (Å²) >= 11 is 5.87. The van der Waals surface area contributed by atoms with Crippen LogP contribution in [0, 0.1) is 5.41 Å². The fourth-order valence-corrected chi connectivity index (χ4v) is 3.89. The monoisotopic (exact) mass is 421 g/mol. The summed E-state index contributed by atoms with van der Waals surface area (Å²) in [5, 5.41) is 0.537. The first-order chi connectivity index (χ1) is 13.9. The summed E-state index contributed by atoms with van der Waals surface area (Å²) < 4.78 is 16.6. The van der Waals surface area contributed by atoms with Crippen LogP contribution in [-0.4, -0.2) is 50.8 Å². The number of carbonyl (C=O) groups excluding carboxylic acids is 1. The lowest BCUT2D eigenvalue weighted by Crippen LogP contribution is -2.46. The minimum absolute atomic E-state index is 0.115. The Morgan fingerprint density at radius 1 is 1.31 bits per heavy atom. The number of esters is 1. The zero-order chi connectivity index (χ0) is 21.3. The molecule has 0 amide bonds. The molecule has 0 N–H and O–H groups in total. The van der Waals surface area contributed by atoms with E-state index in [9.17, 15) is 4.79 Å². The van der Waals surface area contributed by atoms with Crippen molar-refractivity contribution < 1.29 is 19.0 Å². The third kappa shape index (κ3) is 7.09. The van der Waals surface area contributed by atoms with Crippen LogP contribution in [0.25, 0.3) is 0 Å². The van der Waals surface area contributed by atoms with Crippen molar-refractivity contribution in [3.63, 3.8) is 0 Å². The molecule has 0 bridgehead atoms.